The molecule has 2 aromatic rings. The molecule has 0 N–H and O–H groups in total. The van der Waals surface area contributed by atoms with Crippen LogP contribution < -0.4 is 9.80 Å². The third-order valence-electron chi connectivity index (χ3n) is 5.48. The van der Waals surface area contributed by atoms with Gasteiger partial charge in [0.15, 0.2) is 9.84 Å². The number of fused-ring (bicyclic) bond motifs is 1. The van der Waals surface area contributed by atoms with Crippen LogP contribution in [0.1, 0.15) is 11.1 Å². The van der Waals surface area contributed by atoms with Crippen molar-refractivity contribution in [3.8, 4) is 0 Å². The number of urea groups is 1. The SMILES string of the molecule is Cc1ccc(N2C(=O)N(c3ccc([N+](=O)[O-])cc3)C3CS(=O)(=O)CC32)cc1C. The Morgan fingerprint density at radius 1 is 0.929 bits per heavy atom. The van der Waals surface area contributed by atoms with Crippen molar-refractivity contribution in [1.82, 2.24) is 0 Å². The summed E-state index contributed by atoms with van der Waals surface area (Å²) in [5.41, 5.74) is 3.12. The zero-order chi connectivity index (χ0) is 20.2. The summed E-state index contributed by atoms with van der Waals surface area (Å²) in [6, 6.07) is 9.89. The number of carbonyl (C=O) groups is 1. The van der Waals surface area contributed by atoms with Gasteiger partial charge in [0, 0.05) is 23.5 Å². The average molecular weight is 401 g/mol. The molecule has 8 nitrogen and oxygen atoms in total. The van der Waals surface area contributed by atoms with Crippen LogP contribution >= 0.6 is 0 Å². The molecule has 0 bridgehead atoms. The van der Waals surface area contributed by atoms with E-state index in [1.165, 1.54) is 29.2 Å². The number of aryl methyl sites for hydroxylation is 2. The van der Waals surface area contributed by atoms with Gasteiger partial charge in [-0.2, -0.15) is 0 Å². The van der Waals surface area contributed by atoms with Crippen molar-refractivity contribution in [3.05, 3.63) is 63.7 Å². The molecular formula is C19H19N3O5S. The highest BCUT2D eigenvalue weighted by Crippen LogP contribution is 2.38. The number of nitro groups is 1. The Morgan fingerprint density at radius 3 is 2.00 bits per heavy atom. The topological polar surface area (TPSA) is 101 Å². The molecule has 2 amide bonds. The fourth-order valence-corrected chi connectivity index (χ4v) is 5.84. The molecule has 4 rings (SSSR count). The number of anilines is 2. The summed E-state index contributed by atoms with van der Waals surface area (Å²) in [6.45, 7) is 3.91. The molecule has 2 aliphatic rings. The van der Waals surface area contributed by atoms with Gasteiger partial charge in [0.2, 0.25) is 0 Å². The lowest BCUT2D eigenvalue weighted by molar-refractivity contribution is -0.384. The second-order valence-corrected chi connectivity index (χ2v) is 9.43. The maximum absolute atomic E-state index is 13.3. The number of nitrogens with zero attached hydrogens (tertiary/aromatic N) is 3. The number of hydrogen-bond acceptors (Lipinski definition) is 5. The lowest BCUT2D eigenvalue weighted by atomic mass is 10.1. The van der Waals surface area contributed by atoms with Crippen LogP contribution in [0.15, 0.2) is 42.5 Å². The molecule has 2 saturated heterocycles. The van der Waals surface area contributed by atoms with Crippen LogP contribution in [-0.2, 0) is 9.84 Å². The van der Waals surface area contributed by atoms with Crippen molar-refractivity contribution in [2.45, 2.75) is 25.9 Å². The van der Waals surface area contributed by atoms with Crippen molar-refractivity contribution in [3.63, 3.8) is 0 Å². The molecule has 2 fully saturated rings. The molecule has 0 radical (unpaired) electrons. The van der Waals surface area contributed by atoms with Gasteiger partial charge < -0.3 is 0 Å². The molecule has 0 spiro atoms. The first-order valence-corrected chi connectivity index (χ1v) is 10.6. The van der Waals surface area contributed by atoms with Crippen LogP contribution in [-0.4, -0.2) is 43.0 Å². The summed E-state index contributed by atoms with van der Waals surface area (Å²) in [6.07, 6.45) is 0. The highest BCUT2D eigenvalue weighted by Gasteiger charge is 2.54. The second kappa shape index (κ2) is 6.30. The first kappa shape index (κ1) is 18.4. The van der Waals surface area contributed by atoms with Gasteiger partial charge in [0.25, 0.3) is 5.69 Å². The second-order valence-electron chi connectivity index (χ2n) is 7.28. The summed E-state index contributed by atoms with van der Waals surface area (Å²) in [7, 11) is -3.29. The van der Waals surface area contributed by atoms with E-state index in [-0.39, 0.29) is 23.2 Å². The summed E-state index contributed by atoms with van der Waals surface area (Å²) < 4.78 is 24.6. The summed E-state index contributed by atoms with van der Waals surface area (Å²) in [5.74, 6) is -0.221. The van der Waals surface area contributed by atoms with Crippen LogP contribution in [0.25, 0.3) is 0 Å². The fraction of sp³-hybridized carbons (Fsp3) is 0.316. The van der Waals surface area contributed by atoms with Crippen molar-refractivity contribution < 1.29 is 18.1 Å². The Labute approximate surface area is 162 Å². The van der Waals surface area contributed by atoms with Gasteiger partial charge in [-0.05, 0) is 49.2 Å². The van der Waals surface area contributed by atoms with E-state index in [1.54, 1.807) is 4.90 Å². The quantitative estimate of drug-likeness (QED) is 0.447. The standard InChI is InChI=1S/C19H19N3O5S/c1-12-3-4-16(9-13(12)2)21-18-11-28(26,27)10-17(18)20(19(21)23)14-5-7-15(8-6-14)22(24)25/h3-9,17-18H,10-11H2,1-2H3. The van der Waals surface area contributed by atoms with Gasteiger partial charge in [-0.1, -0.05) is 6.07 Å². The lowest BCUT2D eigenvalue weighted by Gasteiger charge is -2.23. The van der Waals surface area contributed by atoms with E-state index in [2.05, 4.69) is 0 Å². The molecule has 28 heavy (non-hydrogen) atoms. The van der Waals surface area contributed by atoms with Gasteiger partial charge in [-0.3, -0.25) is 19.9 Å². The minimum Gasteiger partial charge on any atom is -0.288 e. The zero-order valence-electron chi connectivity index (χ0n) is 15.4. The minimum atomic E-state index is -3.29. The Balaban J connectivity index is 1.78. The molecule has 0 aliphatic carbocycles. The van der Waals surface area contributed by atoms with E-state index in [1.807, 2.05) is 32.0 Å². The molecule has 2 atom stereocenters. The third-order valence-corrected chi connectivity index (χ3v) is 7.18. The average Bonchev–Trinajstić information content (AvgIpc) is 3.06. The number of carbonyl (C=O) groups excluding carboxylic acids is 1. The number of sulfone groups is 1. The van der Waals surface area contributed by atoms with Crippen LogP contribution in [0.5, 0.6) is 0 Å². The molecular weight excluding hydrogens is 382 g/mol. The maximum atomic E-state index is 13.3. The van der Waals surface area contributed by atoms with Gasteiger partial charge >= 0.3 is 6.03 Å². The largest absolute Gasteiger partial charge is 0.329 e. The van der Waals surface area contributed by atoms with E-state index in [0.29, 0.717) is 11.4 Å². The van der Waals surface area contributed by atoms with E-state index < -0.39 is 26.8 Å². The van der Waals surface area contributed by atoms with Crippen molar-refractivity contribution >= 4 is 32.9 Å². The number of benzene rings is 2. The molecule has 2 aromatic carbocycles. The number of amides is 2. The summed E-state index contributed by atoms with van der Waals surface area (Å²) in [5, 5.41) is 10.9. The van der Waals surface area contributed by atoms with Crippen LogP contribution in [0.4, 0.5) is 21.9 Å². The molecule has 2 heterocycles. The number of rotatable bonds is 3. The monoisotopic (exact) mass is 401 g/mol. The highest BCUT2D eigenvalue weighted by molar-refractivity contribution is 7.91. The summed E-state index contributed by atoms with van der Waals surface area (Å²) in [4.78, 5) is 26.7. The smallest absolute Gasteiger partial charge is 0.288 e. The summed E-state index contributed by atoms with van der Waals surface area (Å²) >= 11 is 0. The zero-order valence-corrected chi connectivity index (χ0v) is 16.2. The minimum absolute atomic E-state index is 0.0861. The van der Waals surface area contributed by atoms with E-state index in [9.17, 15) is 23.3 Å². The highest BCUT2D eigenvalue weighted by atomic mass is 32.2. The van der Waals surface area contributed by atoms with Crippen LogP contribution in [0, 0.1) is 24.0 Å². The van der Waals surface area contributed by atoms with Crippen molar-refractivity contribution in [2.75, 3.05) is 21.3 Å². The van der Waals surface area contributed by atoms with E-state index >= 15 is 0 Å². The normalized spacial score (nSPS) is 23.1. The predicted octanol–water partition coefficient (Wildman–Crippen LogP) is 2.82. The Morgan fingerprint density at radius 2 is 1.46 bits per heavy atom. The first-order valence-electron chi connectivity index (χ1n) is 8.82. The van der Waals surface area contributed by atoms with E-state index in [4.69, 9.17) is 0 Å². The number of hydrogen-bond donors (Lipinski definition) is 0. The lowest BCUT2D eigenvalue weighted by Crippen LogP contribution is -2.38. The van der Waals surface area contributed by atoms with Crippen LogP contribution in [0.3, 0.4) is 0 Å². The number of nitro benzene ring substituents is 1. The van der Waals surface area contributed by atoms with Gasteiger partial charge in [-0.15, -0.1) is 0 Å². The predicted molar refractivity (Wildman–Crippen MR) is 106 cm³/mol. The molecule has 0 saturated carbocycles. The van der Waals surface area contributed by atoms with Crippen molar-refractivity contribution in [1.29, 1.82) is 0 Å². The number of non-ortho nitro benzene ring substituents is 1. The first-order chi connectivity index (χ1) is 13.2. The van der Waals surface area contributed by atoms with E-state index in [0.717, 1.165) is 11.1 Å². The molecule has 0 aromatic heterocycles. The Hall–Kier alpha value is -2.94. The molecule has 146 valence electrons. The third kappa shape index (κ3) is 2.91. The molecule has 2 unspecified atom stereocenters. The Kier molecular flexibility index (Phi) is 4.15. The van der Waals surface area contributed by atoms with Crippen molar-refractivity contribution in [2.24, 2.45) is 0 Å². The Bertz CT molecular complexity index is 1080. The van der Waals surface area contributed by atoms with Gasteiger partial charge in [0.05, 0.1) is 28.5 Å². The fourth-order valence-electron chi connectivity index (χ4n) is 3.92. The van der Waals surface area contributed by atoms with Crippen LogP contribution in [0.2, 0.25) is 0 Å². The maximum Gasteiger partial charge on any atom is 0.329 e. The molecule has 2 aliphatic heterocycles. The molecule has 9 heteroatoms. The van der Waals surface area contributed by atoms with Gasteiger partial charge in [0.1, 0.15) is 0 Å². The van der Waals surface area contributed by atoms with Gasteiger partial charge in [-0.25, -0.2) is 13.2 Å².